The molecule has 1 aliphatic heterocycles. The van der Waals surface area contributed by atoms with E-state index in [1.165, 1.54) is 79.0 Å². The average molecular weight is 1760 g/mol. The maximum Gasteiger partial charge on any atom is 0.337 e. The van der Waals surface area contributed by atoms with E-state index in [9.17, 15) is 35.9 Å². The number of ether oxygens (including phenoxy) is 1. The Morgan fingerprint density at radius 2 is 0.667 bits per heavy atom. The van der Waals surface area contributed by atoms with Crippen LogP contribution in [0.2, 0.25) is 5.02 Å². The number of likely N-dealkylation sites (tertiary alicyclic amines) is 1. The second-order valence-corrected chi connectivity index (χ2v) is 37.6. The van der Waals surface area contributed by atoms with Crippen molar-refractivity contribution in [3.05, 3.63) is 285 Å². The predicted octanol–water partition coefficient (Wildman–Crippen LogP) is 27.0. The van der Waals surface area contributed by atoms with Crippen LogP contribution in [-0.4, -0.2) is 96.8 Å². The Kier molecular flexibility index (Phi) is 25.2. The summed E-state index contributed by atoms with van der Waals surface area (Å²) in [6, 6.07) is 47.1. The highest BCUT2D eigenvalue weighted by molar-refractivity contribution is 6.31. The van der Waals surface area contributed by atoms with E-state index in [0.717, 1.165) is 245 Å². The van der Waals surface area contributed by atoms with Gasteiger partial charge in [-0.25, -0.2) is 51.1 Å². The molecule has 16 aromatic rings. The van der Waals surface area contributed by atoms with E-state index < -0.39 is 11.6 Å². The van der Waals surface area contributed by atoms with Crippen LogP contribution in [0, 0.1) is 64.5 Å². The van der Waals surface area contributed by atoms with Gasteiger partial charge in [0.2, 0.25) is 0 Å². The molecular weight excluding hydrogens is 1650 g/mol. The van der Waals surface area contributed by atoms with Crippen LogP contribution in [0.25, 0.3) is 87.7 Å². The lowest BCUT2D eigenvalue weighted by Crippen LogP contribution is -2.35. The van der Waals surface area contributed by atoms with Crippen molar-refractivity contribution in [2.75, 3.05) is 20.2 Å². The number of piperidine rings is 1. The number of methoxy groups -OCH3 is 1. The Labute approximate surface area is 750 Å². The topological polar surface area (TPSA) is 213 Å². The molecule has 4 N–H and O–H groups in total. The van der Waals surface area contributed by atoms with Gasteiger partial charge >= 0.3 is 5.97 Å². The van der Waals surface area contributed by atoms with Gasteiger partial charge in [0.25, 0.3) is 5.91 Å². The number of amides is 1. The van der Waals surface area contributed by atoms with Gasteiger partial charge in [0.1, 0.15) is 46.6 Å². The van der Waals surface area contributed by atoms with E-state index in [-0.39, 0.29) is 47.0 Å². The summed E-state index contributed by atoms with van der Waals surface area (Å²) < 4.78 is 87.3. The Morgan fingerprint density at radius 3 is 1.06 bits per heavy atom. The van der Waals surface area contributed by atoms with Crippen molar-refractivity contribution in [3.8, 4) is 0 Å². The third kappa shape index (κ3) is 18.7. The number of hydrogen-bond acceptors (Lipinski definition) is 11. The molecule has 6 aliphatic rings. The molecule has 0 spiro atoms. The molecule has 662 valence electrons. The third-order valence-corrected chi connectivity index (χ3v) is 29.7. The Hall–Kier alpha value is -11.9. The number of rotatable bonds is 15. The number of aromatic amines is 4. The van der Waals surface area contributed by atoms with E-state index in [2.05, 4.69) is 77.8 Å². The fraction of sp³-hybridized carbons (Fsp3) is 0.377. The summed E-state index contributed by atoms with van der Waals surface area (Å²) in [5, 5.41) is 4.47. The second-order valence-electron chi connectivity index (χ2n) is 37.2. The van der Waals surface area contributed by atoms with Crippen LogP contribution in [0.15, 0.2) is 189 Å². The molecule has 0 radical (unpaired) electrons. The molecule has 23 heteroatoms. The first-order valence-corrected chi connectivity index (χ1v) is 46.7. The highest BCUT2D eigenvalue weighted by atomic mass is 35.5. The maximum atomic E-state index is 14.0. The normalized spacial score (nSPS) is 21.2. The fourth-order valence-electron chi connectivity index (χ4n) is 22.1. The number of H-pyrrole nitrogens is 4. The summed E-state index contributed by atoms with van der Waals surface area (Å²) in [7, 11) is 1.38. The monoisotopic (exact) mass is 1760 g/mol. The summed E-state index contributed by atoms with van der Waals surface area (Å²) in [5.41, 5.74) is 16.2. The lowest BCUT2D eigenvalue weighted by Gasteiger charge is -2.34. The number of imidazole rings is 4. The number of nitrogens with one attached hydrogen (secondary N) is 4. The first-order chi connectivity index (χ1) is 62.7. The van der Waals surface area contributed by atoms with Crippen LogP contribution in [0.3, 0.4) is 0 Å². The van der Waals surface area contributed by atoms with Gasteiger partial charge in [0.15, 0.2) is 11.6 Å². The lowest BCUT2D eigenvalue weighted by atomic mass is 9.72. The standard InChI is InChI=1S/C32H35FN4O.C26H26FN3O2.C24H23ClFN3.C24H22F3N3/c33-24-11-13-27-26(19-24)25(14-15-34-27)20-4-6-21(7-5-20)30(22-8-9-22)31-35-28-12-10-23(18-29(28)36-31)32(38)37-16-2-1-3-17-37;1-15(25-29-23-9-7-18(26(31)32-2)13-24(23)30-25)16-3-5-17(6-4-16)20-11-12-28-22-10-8-19(27)14-21(20)22;1-14(24-28-22-8-6-17(25)12-23(22)29-24)15-2-4-16(5-3-15)19-10-11-27-21-9-7-18(26)13-20(19)21;1-13(24-29-22-11-19(26)20(27)12-23(22)30-24)14-2-4-15(5-3-14)17-8-9-28-21-7-6-16(25)10-18(17)21/h10-15,18-22,30H,1-9,16-17H2,(H,35,36);7-17H,3-6H2,1-2H3,(H,29,30);6-16H,2-5H2,1H3,(H,28,29);6-15H,2-5H2,1H3,(H,29,30)/t20?,21?,30-;15-,16?,17?;14-,15?,16?;13-,14?,15?/m0111/s1. The number of hydrogen-bond donors (Lipinski definition) is 4. The summed E-state index contributed by atoms with van der Waals surface area (Å²) in [6.45, 7) is 8.33. The fourth-order valence-corrected chi connectivity index (χ4v) is 22.2. The first-order valence-electron chi connectivity index (χ1n) is 46.3. The van der Waals surface area contributed by atoms with E-state index in [4.69, 9.17) is 31.3 Å². The zero-order valence-corrected chi connectivity index (χ0v) is 73.8. The number of carbonyl (C=O) groups excluding carboxylic acids is 2. The van der Waals surface area contributed by atoms with E-state index in [1.807, 2.05) is 78.1 Å². The van der Waals surface area contributed by atoms with E-state index in [0.29, 0.717) is 81.7 Å². The molecule has 8 aromatic carbocycles. The van der Waals surface area contributed by atoms with Crippen molar-refractivity contribution in [2.24, 2.45) is 29.6 Å². The minimum atomic E-state index is -0.880. The first kappa shape index (κ1) is 86.5. The molecule has 5 aliphatic carbocycles. The van der Waals surface area contributed by atoms with Crippen LogP contribution in [0.5, 0.6) is 0 Å². The van der Waals surface area contributed by atoms with Crippen molar-refractivity contribution in [1.82, 2.24) is 64.7 Å². The third-order valence-electron chi connectivity index (χ3n) is 29.5. The number of nitrogens with zero attached hydrogens (tertiary/aromatic N) is 9. The number of benzene rings is 8. The number of halogens is 7. The van der Waals surface area contributed by atoms with Gasteiger partial charge < -0.3 is 29.6 Å². The summed E-state index contributed by atoms with van der Waals surface area (Å²) in [4.78, 5) is 77.3. The summed E-state index contributed by atoms with van der Waals surface area (Å²) in [5.74, 6) is 6.88. The van der Waals surface area contributed by atoms with Gasteiger partial charge in [0.05, 0.1) is 78.9 Å². The van der Waals surface area contributed by atoms with Gasteiger partial charge in [-0.1, -0.05) is 32.4 Å². The average Bonchev–Trinajstić information content (AvgIpc) is 1.22. The highest BCUT2D eigenvalue weighted by Gasteiger charge is 2.42. The summed E-state index contributed by atoms with van der Waals surface area (Å²) in [6.07, 6.45) is 30.7. The molecule has 9 heterocycles. The van der Waals surface area contributed by atoms with Crippen molar-refractivity contribution in [1.29, 1.82) is 0 Å². The highest BCUT2D eigenvalue weighted by Crippen LogP contribution is 2.53. The van der Waals surface area contributed by atoms with Gasteiger partial charge in [-0.3, -0.25) is 24.7 Å². The molecule has 22 rings (SSSR count). The molecule has 0 unspecified atom stereocenters. The number of fused-ring (bicyclic) bond motifs is 8. The Bertz CT molecular complexity index is 6750. The SMILES string of the molecule is COC(=O)c1ccc2nc([C@H](C)C3CCC(c4ccnc5ccc(F)cc45)CC3)[nH]c2c1.C[C@@H](c1nc2cc(F)c(F)cc2[nH]1)C1CCC(c2ccnc3ccc(F)cc23)CC1.C[C@@H](c1nc2ccc(Cl)cc2[nH]1)C1CCC(c2ccnc3ccc(F)cc23)CC1.O=C(c1ccc2nc([C@@H](C3CCC(c4ccnc5ccc(F)cc45)CC3)C3CC3)[nH]c2c1)N1CCCCC1. The van der Waals surface area contributed by atoms with Crippen LogP contribution >= 0.6 is 11.6 Å². The second kappa shape index (κ2) is 37.7. The molecular formula is C106H106ClF6N13O3. The van der Waals surface area contributed by atoms with Crippen LogP contribution in [0.1, 0.15) is 269 Å². The largest absolute Gasteiger partial charge is 0.465 e. The van der Waals surface area contributed by atoms with Gasteiger partial charge in [-0.05, 0) is 362 Å². The molecule has 4 atom stereocenters. The zero-order chi connectivity index (χ0) is 88.7. The van der Waals surface area contributed by atoms with Gasteiger partial charge in [-0.15, -0.1) is 0 Å². The molecule has 1 amide bonds. The van der Waals surface area contributed by atoms with Crippen LogP contribution in [-0.2, 0) is 4.74 Å². The number of esters is 1. The number of carbonyl (C=O) groups is 2. The quantitative estimate of drug-likeness (QED) is 0.0560. The summed E-state index contributed by atoms with van der Waals surface area (Å²) >= 11 is 6.11. The van der Waals surface area contributed by atoms with E-state index >= 15 is 0 Å². The van der Waals surface area contributed by atoms with Crippen molar-refractivity contribution in [3.63, 3.8) is 0 Å². The van der Waals surface area contributed by atoms with Crippen molar-refractivity contribution < 1.29 is 40.7 Å². The molecule has 6 fully saturated rings. The molecule has 1 saturated heterocycles. The minimum absolute atomic E-state index is 0.142. The molecule has 129 heavy (non-hydrogen) atoms. The predicted molar refractivity (Wildman–Crippen MR) is 497 cm³/mol. The van der Waals surface area contributed by atoms with Crippen molar-refractivity contribution in [2.45, 2.75) is 203 Å². The van der Waals surface area contributed by atoms with Crippen LogP contribution < -0.4 is 0 Å². The smallest absolute Gasteiger partial charge is 0.337 e. The Morgan fingerprint density at radius 1 is 0.349 bits per heavy atom. The van der Waals surface area contributed by atoms with Crippen molar-refractivity contribution >= 4 is 111 Å². The number of aromatic nitrogens is 12. The Balaban J connectivity index is 0.000000112. The molecule has 16 nitrogen and oxygen atoms in total. The minimum Gasteiger partial charge on any atom is -0.465 e. The van der Waals surface area contributed by atoms with Crippen LogP contribution in [0.4, 0.5) is 26.3 Å². The lowest BCUT2D eigenvalue weighted by molar-refractivity contribution is 0.0600. The molecule has 5 saturated carbocycles. The van der Waals surface area contributed by atoms with E-state index in [1.54, 1.807) is 66.9 Å². The molecule has 0 bridgehead atoms. The number of pyridine rings is 4. The van der Waals surface area contributed by atoms with Gasteiger partial charge in [-0.2, -0.15) is 0 Å². The molecule has 8 aromatic heterocycles. The maximum absolute atomic E-state index is 14.0. The van der Waals surface area contributed by atoms with Gasteiger partial charge in [0, 0.05) is 106 Å². The zero-order valence-electron chi connectivity index (χ0n) is 73.1.